The molecule has 5 heteroatoms. The van der Waals surface area contributed by atoms with Gasteiger partial charge in [0.15, 0.2) is 0 Å². The Kier molecular flexibility index (Phi) is 3.63. The first-order valence-corrected chi connectivity index (χ1v) is 4.73. The van der Waals surface area contributed by atoms with Gasteiger partial charge in [0.05, 0.1) is 12.0 Å². The Morgan fingerprint density at radius 2 is 2.00 bits per heavy atom. The van der Waals surface area contributed by atoms with E-state index in [1.807, 2.05) is 0 Å². The fraction of sp³-hybridized carbons (Fsp3) is 0.273. The number of benzene rings is 1. The van der Waals surface area contributed by atoms with Crippen LogP contribution < -0.4 is 5.73 Å². The highest BCUT2D eigenvalue weighted by atomic mass is 16.4. The average Bonchev–Trinajstić information content (AvgIpc) is 2.16. The minimum Gasteiger partial charge on any atom is -0.481 e. The van der Waals surface area contributed by atoms with Gasteiger partial charge in [-0.15, -0.1) is 0 Å². The molecule has 0 spiro atoms. The number of carboxylic acid groups (broad SMARTS) is 2. The fourth-order valence-electron chi connectivity index (χ4n) is 1.41. The summed E-state index contributed by atoms with van der Waals surface area (Å²) in [6, 6.07) is 4.01. The van der Waals surface area contributed by atoms with Crippen molar-refractivity contribution < 1.29 is 19.8 Å². The Morgan fingerprint density at radius 1 is 1.38 bits per heavy atom. The first-order chi connectivity index (χ1) is 7.41. The quantitative estimate of drug-likeness (QED) is 0.711. The predicted octanol–water partition coefficient (Wildman–Crippen LogP) is 1.17. The molecule has 0 amide bonds. The smallest absolute Gasteiger partial charge is 0.335 e. The summed E-state index contributed by atoms with van der Waals surface area (Å²) in [7, 11) is 0. The molecule has 1 atom stereocenters. The fourth-order valence-corrected chi connectivity index (χ4v) is 1.41. The van der Waals surface area contributed by atoms with Gasteiger partial charge in [0.2, 0.25) is 0 Å². The number of aliphatic carboxylic acids is 1. The molecule has 4 N–H and O–H groups in total. The summed E-state index contributed by atoms with van der Waals surface area (Å²) in [5.74, 6) is -2.05. The van der Waals surface area contributed by atoms with Crippen LogP contribution in [-0.2, 0) is 4.79 Å². The van der Waals surface area contributed by atoms with Crippen LogP contribution >= 0.6 is 0 Å². The molecule has 0 saturated heterocycles. The van der Waals surface area contributed by atoms with E-state index in [1.165, 1.54) is 6.07 Å². The van der Waals surface area contributed by atoms with Crippen LogP contribution in [0.2, 0.25) is 0 Å². The highest BCUT2D eigenvalue weighted by molar-refractivity contribution is 5.89. The van der Waals surface area contributed by atoms with Crippen LogP contribution in [0, 0.1) is 6.92 Å². The lowest BCUT2D eigenvalue weighted by molar-refractivity contribution is -0.137. The summed E-state index contributed by atoms with van der Waals surface area (Å²) in [6.07, 6.45) is -0.220. The number of carboxylic acids is 2. The van der Waals surface area contributed by atoms with Crippen LogP contribution in [0.4, 0.5) is 0 Å². The van der Waals surface area contributed by atoms with Crippen molar-refractivity contribution in [1.82, 2.24) is 0 Å². The van der Waals surface area contributed by atoms with Gasteiger partial charge in [-0.05, 0) is 24.1 Å². The number of hydrogen-bond acceptors (Lipinski definition) is 3. The lowest BCUT2D eigenvalue weighted by Gasteiger charge is -2.11. The van der Waals surface area contributed by atoms with E-state index >= 15 is 0 Å². The van der Waals surface area contributed by atoms with Crippen LogP contribution in [0.3, 0.4) is 0 Å². The maximum atomic E-state index is 10.9. The molecule has 1 unspecified atom stereocenters. The molecule has 5 nitrogen and oxygen atoms in total. The highest BCUT2D eigenvalue weighted by Gasteiger charge is 2.14. The molecule has 0 aliphatic heterocycles. The van der Waals surface area contributed by atoms with Crippen molar-refractivity contribution in [3.05, 3.63) is 34.9 Å². The molecular formula is C11H13NO4. The van der Waals surface area contributed by atoms with Crippen molar-refractivity contribution in [3.8, 4) is 0 Å². The van der Waals surface area contributed by atoms with Gasteiger partial charge in [-0.25, -0.2) is 4.79 Å². The first-order valence-electron chi connectivity index (χ1n) is 4.73. The number of aromatic carboxylic acids is 1. The van der Waals surface area contributed by atoms with Crippen molar-refractivity contribution in [1.29, 1.82) is 0 Å². The van der Waals surface area contributed by atoms with E-state index in [2.05, 4.69) is 0 Å². The van der Waals surface area contributed by atoms with Crippen LogP contribution in [0.1, 0.15) is 33.9 Å². The van der Waals surface area contributed by atoms with Gasteiger partial charge in [0.1, 0.15) is 0 Å². The molecular weight excluding hydrogens is 210 g/mol. The Hall–Kier alpha value is -1.88. The van der Waals surface area contributed by atoms with Crippen LogP contribution in [0.5, 0.6) is 0 Å². The van der Waals surface area contributed by atoms with Crippen molar-refractivity contribution in [2.24, 2.45) is 5.73 Å². The summed E-state index contributed by atoms with van der Waals surface area (Å²) in [6.45, 7) is 1.68. The lowest BCUT2D eigenvalue weighted by Crippen LogP contribution is -2.15. The molecule has 1 aromatic carbocycles. The second-order valence-corrected chi connectivity index (χ2v) is 3.58. The summed E-state index contributed by atoms with van der Waals surface area (Å²) in [5, 5.41) is 17.5. The Bertz CT molecular complexity index is 428. The number of aryl methyl sites for hydroxylation is 1. The number of hydrogen-bond donors (Lipinski definition) is 3. The van der Waals surface area contributed by atoms with Gasteiger partial charge >= 0.3 is 11.9 Å². The zero-order valence-electron chi connectivity index (χ0n) is 8.80. The van der Waals surface area contributed by atoms with Crippen molar-refractivity contribution in [2.45, 2.75) is 19.4 Å². The van der Waals surface area contributed by atoms with Crippen LogP contribution in [0.15, 0.2) is 18.2 Å². The van der Waals surface area contributed by atoms with Gasteiger partial charge < -0.3 is 15.9 Å². The summed E-state index contributed by atoms with van der Waals surface area (Å²) in [5.41, 5.74) is 6.94. The molecule has 0 bridgehead atoms. The molecule has 0 aliphatic rings. The monoisotopic (exact) mass is 223 g/mol. The largest absolute Gasteiger partial charge is 0.481 e. The lowest BCUT2D eigenvalue weighted by atomic mass is 9.99. The molecule has 16 heavy (non-hydrogen) atoms. The zero-order valence-corrected chi connectivity index (χ0v) is 8.80. The number of carbonyl (C=O) groups is 2. The molecule has 1 aromatic rings. The van der Waals surface area contributed by atoms with E-state index in [0.717, 1.165) is 0 Å². The van der Waals surface area contributed by atoms with Gasteiger partial charge in [-0.2, -0.15) is 0 Å². The summed E-state index contributed by atoms with van der Waals surface area (Å²) >= 11 is 0. The van der Waals surface area contributed by atoms with Crippen molar-refractivity contribution >= 4 is 11.9 Å². The van der Waals surface area contributed by atoms with Crippen molar-refractivity contribution in [3.63, 3.8) is 0 Å². The minimum absolute atomic E-state index is 0.151. The normalized spacial score (nSPS) is 12.1. The third-order valence-corrected chi connectivity index (χ3v) is 2.31. The second-order valence-electron chi connectivity index (χ2n) is 3.58. The molecule has 0 aliphatic carbocycles. The number of nitrogens with two attached hydrogens (primary N) is 1. The van der Waals surface area contributed by atoms with Gasteiger partial charge in [0.25, 0.3) is 0 Å². The maximum Gasteiger partial charge on any atom is 0.335 e. The molecule has 0 aromatic heterocycles. The average molecular weight is 223 g/mol. The van der Waals surface area contributed by atoms with E-state index < -0.39 is 18.0 Å². The molecule has 0 heterocycles. The first kappa shape index (κ1) is 12.2. The van der Waals surface area contributed by atoms with E-state index in [9.17, 15) is 9.59 Å². The Morgan fingerprint density at radius 3 is 2.50 bits per heavy atom. The molecule has 86 valence electrons. The maximum absolute atomic E-state index is 10.9. The van der Waals surface area contributed by atoms with Gasteiger partial charge in [-0.1, -0.05) is 12.1 Å². The standard InChI is InChI=1S/C11H13NO4/c1-6-2-3-7(4-8(6)11(15)16)9(12)5-10(13)14/h2-4,9H,5,12H2,1H3,(H,13,14)(H,15,16). The predicted molar refractivity (Wildman–Crippen MR) is 57.3 cm³/mol. The van der Waals surface area contributed by atoms with E-state index in [-0.39, 0.29) is 12.0 Å². The van der Waals surface area contributed by atoms with Crippen molar-refractivity contribution in [2.75, 3.05) is 0 Å². The van der Waals surface area contributed by atoms with Gasteiger partial charge in [0, 0.05) is 6.04 Å². The third kappa shape index (κ3) is 2.80. The molecule has 0 saturated carbocycles. The summed E-state index contributed by atoms with van der Waals surface area (Å²) in [4.78, 5) is 21.3. The van der Waals surface area contributed by atoms with Crippen LogP contribution in [-0.4, -0.2) is 22.2 Å². The Balaban J connectivity index is 3.02. The van der Waals surface area contributed by atoms with E-state index in [0.29, 0.717) is 11.1 Å². The Labute approximate surface area is 92.5 Å². The van der Waals surface area contributed by atoms with E-state index in [1.54, 1.807) is 19.1 Å². The van der Waals surface area contributed by atoms with Crippen LogP contribution in [0.25, 0.3) is 0 Å². The highest BCUT2D eigenvalue weighted by Crippen LogP contribution is 2.18. The number of rotatable bonds is 4. The van der Waals surface area contributed by atoms with E-state index in [4.69, 9.17) is 15.9 Å². The minimum atomic E-state index is -1.04. The summed E-state index contributed by atoms with van der Waals surface area (Å²) < 4.78 is 0. The topological polar surface area (TPSA) is 101 Å². The molecule has 1 rings (SSSR count). The van der Waals surface area contributed by atoms with Gasteiger partial charge in [-0.3, -0.25) is 4.79 Å². The molecule has 0 fully saturated rings. The third-order valence-electron chi connectivity index (χ3n) is 2.31. The second kappa shape index (κ2) is 4.76. The zero-order chi connectivity index (χ0) is 12.3. The molecule has 0 radical (unpaired) electrons. The SMILES string of the molecule is Cc1ccc(C(N)CC(=O)O)cc1C(=O)O.